The number of halogens is 4. The molecule has 0 radical (unpaired) electrons. The lowest BCUT2D eigenvalue weighted by Crippen LogP contribution is -2.18. The summed E-state index contributed by atoms with van der Waals surface area (Å²) in [5, 5.41) is 2.63. The van der Waals surface area contributed by atoms with E-state index in [0.717, 1.165) is 6.07 Å². The molecule has 1 aromatic heterocycles. The van der Waals surface area contributed by atoms with Crippen LogP contribution in [0, 0.1) is 23.3 Å². The summed E-state index contributed by atoms with van der Waals surface area (Å²) in [7, 11) is 0. The van der Waals surface area contributed by atoms with Crippen molar-refractivity contribution in [1.29, 1.82) is 0 Å². The number of nitrogens with one attached hydrogen (secondary N) is 1. The third kappa shape index (κ3) is 3.30. The van der Waals surface area contributed by atoms with Gasteiger partial charge in [0.15, 0.2) is 22.6 Å². The number of rotatable bonds is 4. The molecular formula is C17H11F4N3OS. The lowest BCUT2D eigenvalue weighted by Gasteiger charge is -2.12. The predicted octanol–water partition coefficient (Wildman–Crippen LogP) is 4.40. The van der Waals surface area contributed by atoms with Gasteiger partial charge in [0.25, 0.3) is 5.91 Å². The fraction of sp³-hybridized carbons (Fsp3) is 0.0588. The monoisotopic (exact) mass is 381 g/mol. The number of anilines is 1. The number of imidazole rings is 1. The van der Waals surface area contributed by atoms with Gasteiger partial charge in [0, 0.05) is 5.69 Å². The number of thioether (sulfide) groups is 1. The van der Waals surface area contributed by atoms with Crippen LogP contribution in [-0.2, 0) is 0 Å². The van der Waals surface area contributed by atoms with Crippen LogP contribution >= 0.6 is 11.8 Å². The molecule has 134 valence electrons. The predicted molar refractivity (Wildman–Crippen MR) is 89.6 cm³/mol. The van der Waals surface area contributed by atoms with Crippen LogP contribution in [0.1, 0.15) is 10.5 Å². The van der Waals surface area contributed by atoms with Crippen molar-refractivity contribution in [3.05, 3.63) is 71.6 Å². The number of aromatic nitrogens is 2. The largest absolute Gasteiger partial charge is 0.318 e. The smallest absolute Gasteiger partial charge is 0.274 e. The van der Waals surface area contributed by atoms with Crippen molar-refractivity contribution in [2.75, 3.05) is 11.6 Å². The van der Waals surface area contributed by atoms with Gasteiger partial charge in [-0.2, -0.15) is 0 Å². The molecule has 26 heavy (non-hydrogen) atoms. The van der Waals surface area contributed by atoms with E-state index >= 15 is 0 Å². The minimum atomic E-state index is -1.68. The summed E-state index contributed by atoms with van der Waals surface area (Å²) in [6.07, 6.45) is 2.99. The van der Waals surface area contributed by atoms with Gasteiger partial charge in [0.2, 0.25) is 0 Å². The lowest BCUT2D eigenvalue weighted by molar-refractivity contribution is 0.101. The molecule has 0 unspecified atom stereocenters. The Bertz CT molecular complexity index is 973. The fourth-order valence-corrected chi connectivity index (χ4v) is 2.83. The van der Waals surface area contributed by atoms with Crippen LogP contribution in [-0.4, -0.2) is 21.7 Å². The maximum atomic E-state index is 13.8. The first kappa shape index (κ1) is 18.0. The van der Waals surface area contributed by atoms with Gasteiger partial charge >= 0.3 is 0 Å². The van der Waals surface area contributed by atoms with Gasteiger partial charge in [-0.25, -0.2) is 22.5 Å². The van der Waals surface area contributed by atoms with E-state index in [-0.39, 0.29) is 5.69 Å². The highest BCUT2D eigenvalue weighted by molar-refractivity contribution is 7.98. The minimum absolute atomic E-state index is 0.0186. The maximum absolute atomic E-state index is 13.8. The van der Waals surface area contributed by atoms with Crippen LogP contribution in [0.2, 0.25) is 0 Å². The Morgan fingerprint density at radius 1 is 1.04 bits per heavy atom. The molecule has 0 bridgehead atoms. The number of carbonyl (C=O) groups excluding carboxylic acids is 1. The summed E-state index contributed by atoms with van der Waals surface area (Å²) >= 11 is 1.24. The van der Waals surface area contributed by atoms with Gasteiger partial charge in [-0.15, -0.1) is 0 Å². The Hall–Kier alpha value is -2.81. The summed E-state index contributed by atoms with van der Waals surface area (Å²) in [6.45, 7) is 0. The number of hydrogen-bond donors (Lipinski definition) is 1. The topological polar surface area (TPSA) is 46.9 Å². The standard InChI is InChI=1S/C17H11F4N3OS/c1-26-17-22-8-13(24(17)10-4-2-9(18)3-5-10)16(25)23-12-7-6-11(19)14(20)15(12)21/h2-8H,1H3,(H,23,25). The molecule has 0 saturated heterocycles. The first-order chi connectivity index (χ1) is 12.4. The molecule has 9 heteroatoms. The minimum Gasteiger partial charge on any atom is -0.318 e. The van der Waals surface area contributed by atoms with Crippen LogP contribution in [0.15, 0.2) is 47.8 Å². The maximum Gasteiger partial charge on any atom is 0.274 e. The normalized spacial score (nSPS) is 10.8. The van der Waals surface area contributed by atoms with E-state index in [4.69, 9.17) is 0 Å². The van der Waals surface area contributed by atoms with Crippen LogP contribution in [0.4, 0.5) is 23.2 Å². The summed E-state index contributed by atoms with van der Waals surface area (Å²) in [5.41, 5.74) is -0.0271. The van der Waals surface area contributed by atoms with E-state index < -0.39 is 34.9 Å². The summed E-state index contributed by atoms with van der Waals surface area (Å²) < 4.78 is 54.7. The zero-order valence-electron chi connectivity index (χ0n) is 13.3. The van der Waals surface area contributed by atoms with Gasteiger partial charge in [0.1, 0.15) is 11.5 Å². The second-order valence-corrected chi connectivity index (χ2v) is 5.89. The first-order valence-electron chi connectivity index (χ1n) is 7.25. The van der Waals surface area contributed by atoms with E-state index in [1.165, 1.54) is 46.8 Å². The zero-order valence-corrected chi connectivity index (χ0v) is 14.1. The molecule has 0 fully saturated rings. The van der Waals surface area contributed by atoms with Gasteiger partial charge in [-0.3, -0.25) is 9.36 Å². The van der Waals surface area contributed by atoms with Crippen molar-refractivity contribution < 1.29 is 22.4 Å². The van der Waals surface area contributed by atoms with Gasteiger partial charge in [-0.1, -0.05) is 11.8 Å². The highest BCUT2D eigenvalue weighted by Gasteiger charge is 2.21. The number of hydrogen-bond acceptors (Lipinski definition) is 3. The Kier molecular flexibility index (Phi) is 4.99. The molecule has 2 aromatic carbocycles. The third-order valence-corrected chi connectivity index (χ3v) is 4.17. The molecule has 4 nitrogen and oxygen atoms in total. The zero-order chi connectivity index (χ0) is 18.8. The SMILES string of the molecule is CSc1ncc(C(=O)Nc2ccc(F)c(F)c2F)n1-c1ccc(F)cc1. The molecule has 0 aliphatic rings. The molecule has 0 atom stereocenters. The third-order valence-electron chi connectivity index (χ3n) is 3.51. The van der Waals surface area contributed by atoms with Crippen LogP contribution in [0.25, 0.3) is 5.69 Å². The van der Waals surface area contributed by atoms with Crippen LogP contribution in [0.5, 0.6) is 0 Å². The number of amides is 1. The van der Waals surface area contributed by atoms with Crippen molar-refractivity contribution in [3.8, 4) is 5.69 Å². The summed E-state index contributed by atoms with van der Waals surface area (Å²) in [4.78, 5) is 16.6. The average molecular weight is 381 g/mol. The van der Waals surface area contributed by atoms with E-state index in [1.807, 2.05) is 0 Å². The molecule has 0 spiro atoms. The quantitative estimate of drug-likeness (QED) is 0.414. The van der Waals surface area contributed by atoms with E-state index in [2.05, 4.69) is 10.3 Å². The van der Waals surface area contributed by atoms with E-state index in [1.54, 1.807) is 6.26 Å². The fourth-order valence-electron chi connectivity index (χ4n) is 2.29. The van der Waals surface area contributed by atoms with Gasteiger partial charge in [0.05, 0.1) is 11.9 Å². The van der Waals surface area contributed by atoms with Gasteiger partial charge in [-0.05, 0) is 42.7 Å². The van der Waals surface area contributed by atoms with E-state index in [9.17, 15) is 22.4 Å². The van der Waals surface area contributed by atoms with Gasteiger partial charge < -0.3 is 5.32 Å². The lowest BCUT2D eigenvalue weighted by atomic mass is 10.2. The molecule has 1 heterocycles. The summed E-state index contributed by atoms with van der Waals surface area (Å²) in [5.74, 6) is -5.78. The Balaban J connectivity index is 1.99. The van der Waals surface area contributed by atoms with Crippen LogP contribution < -0.4 is 5.32 Å². The van der Waals surface area contributed by atoms with Crippen molar-refractivity contribution in [1.82, 2.24) is 9.55 Å². The van der Waals surface area contributed by atoms with Crippen LogP contribution in [0.3, 0.4) is 0 Å². The molecule has 1 amide bonds. The van der Waals surface area contributed by atoms with Crippen molar-refractivity contribution in [2.45, 2.75) is 5.16 Å². The average Bonchev–Trinajstić information content (AvgIpc) is 3.07. The van der Waals surface area contributed by atoms with Crippen molar-refractivity contribution in [3.63, 3.8) is 0 Å². The second-order valence-electron chi connectivity index (χ2n) is 5.12. The highest BCUT2D eigenvalue weighted by Crippen LogP contribution is 2.24. The van der Waals surface area contributed by atoms with Crippen molar-refractivity contribution in [2.24, 2.45) is 0 Å². The Morgan fingerprint density at radius 2 is 1.73 bits per heavy atom. The van der Waals surface area contributed by atoms with Crippen molar-refractivity contribution >= 4 is 23.4 Å². The summed E-state index contributed by atoms with van der Waals surface area (Å²) in [6, 6.07) is 6.96. The second kappa shape index (κ2) is 7.20. The molecule has 1 N–H and O–H groups in total. The number of nitrogens with zero attached hydrogens (tertiary/aromatic N) is 2. The Morgan fingerprint density at radius 3 is 2.38 bits per heavy atom. The molecule has 0 aliphatic heterocycles. The molecule has 0 aliphatic carbocycles. The highest BCUT2D eigenvalue weighted by atomic mass is 32.2. The molecule has 3 rings (SSSR count). The Labute approximate surface area is 149 Å². The number of carbonyl (C=O) groups is 1. The molecular weight excluding hydrogens is 370 g/mol. The molecule has 0 saturated carbocycles. The number of benzene rings is 2. The van der Waals surface area contributed by atoms with E-state index in [0.29, 0.717) is 16.9 Å². The molecule has 3 aromatic rings. The first-order valence-corrected chi connectivity index (χ1v) is 8.47.